The molecule has 2 N–H and O–H groups in total. The molecule has 29 heavy (non-hydrogen) atoms. The highest BCUT2D eigenvalue weighted by atomic mass is 16.5. The molecule has 0 spiro atoms. The lowest BCUT2D eigenvalue weighted by molar-refractivity contribution is 0.0600. The number of hydrogen-bond donors (Lipinski definition) is 2. The lowest BCUT2D eigenvalue weighted by Crippen LogP contribution is -2.36. The summed E-state index contributed by atoms with van der Waals surface area (Å²) in [6.45, 7) is 3.10. The summed E-state index contributed by atoms with van der Waals surface area (Å²) in [6, 6.07) is 14.1. The monoisotopic (exact) mass is 395 g/mol. The minimum Gasteiger partial charge on any atom is -0.465 e. The van der Waals surface area contributed by atoms with Crippen molar-refractivity contribution in [3.8, 4) is 0 Å². The minimum absolute atomic E-state index is 0.0454. The number of methoxy groups -OCH3 is 1. The molecule has 3 rings (SSSR count). The van der Waals surface area contributed by atoms with E-state index < -0.39 is 5.97 Å². The zero-order valence-electron chi connectivity index (χ0n) is 16.6. The molecule has 7 nitrogen and oxygen atoms in total. The molecule has 1 atom stereocenters. The topological polar surface area (TPSA) is 89.0 Å². The third-order valence-electron chi connectivity index (χ3n) is 4.54. The van der Waals surface area contributed by atoms with Gasteiger partial charge >= 0.3 is 5.97 Å². The molecule has 152 valence electrons. The third kappa shape index (κ3) is 5.89. The van der Waals surface area contributed by atoms with Gasteiger partial charge in [0.1, 0.15) is 0 Å². The number of aryl methyl sites for hydroxylation is 1. The second-order valence-electron chi connectivity index (χ2n) is 6.85. The van der Waals surface area contributed by atoms with E-state index in [2.05, 4.69) is 15.6 Å². The Labute approximate surface area is 170 Å². The number of nitrogens with zero attached hydrogens (tertiary/aromatic N) is 1. The van der Waals surface area contributed by atoms with E-state index in [1.54, 1.807) is 30.3 Å². The van der Waals surface area contributed by atoms with Gasteiger partial charge in [0.05, 0.1) is 25.3 Å². The molecule has 1 heterocycles. The molecule has 0 bridgehead atoms. The van der Waals surface area contributed by atoms with Crippen molar-refractivity contribution >= 4 is 23.5 Å². The number of hydrogen-bond acceptors (Lipinski definition) is 5. The Kier molecular flexibility index (Phi) is 6.97. The molecule has 7 heteroatoms. The van der Waals surface area contributed by atoms with Gasteiger partial charge in [0.15, 0.2) is 0 Å². The van der Waals surface area contributed by atoms with Crippen molar-refractivity contribution < 1.29 is 19.1 Å². The highest BCUT2D eigenvalue weighted by Crippen LogP contribution is 2.14. The molecule has 1 amide bonds. The molecule has 2 aromatic carbocycles. The number of aliphatic imine (C=N–C) groups is 1. The summed E-state index contributed by atoms with van der Waals surface area (Å²) in [5.41, 5.74) is 2.55. The number of benzene rings is 2. The van der Waals surface area contributed by atoms with Crippen molar-refractivity contribution in [3.63, 3.8) is 0 Å². The summed E-state index contributed by atoms with van der Waals surface area (Å²) in [6.07, 6.45) is 2.00. The number of anilines is 1. The first-order valence-corrected chi connectivity index (χ1v) is 9.54. The number of guanidine groups is 1. The van der Waals surface area contributed by atoms with Gasteiger partial charge < -0.3 is 14.8 Å². The maximum Gasteiger partial charge on any atom is 0.337 e. The van der Waals surface area contributed by atoms with Crippen LogP contribution in [0, 0.1) is 6.92 Å². The number of esters is 1. The van der Waals surface area contributed by atoms with E-state index in [-0.39, 0.29) is 12.0 Å². The molecule has 2 aromatic rings. The Balaban J connectivity index is 1.78. The van der Waals surface area contributed by atoms with E-state index in [0.717, 1.165) is 25.0 Å². The van der Waals surface area contributed by atoms with Crippen molar-refractivity contribution in [1.29, 1.82) is 0 Å². The Morgan fingerprint density at radius 2 is 1.97 bits per heavy atom. The minimum atomic E-state index is -0.435. The number of ether oxygens (including phenoxy) is 2. The van der Waals surface area contributed by atoms with E-state index in [0.29, 0.717) is 29.3 Å². The molecule has 1 fully saturated rings. The smallest absolute Gasteiger partial charge is 0.337 e. The molecule has 0 aromatic heterocycles. The van der Waals surface area contributed by atoms with Gasteiger partial charge in [-0.05, 0) is 50.1 Å². The fraction of sp³-hybridized carbons (Fsp3) is 0.318. The average molecular weight is 395 g/mol. The predicted molar refractivity (Wildman–Crippen MR) is 111 cm³/mol. The van der Waals surface area contributed by atoms with Gasteiger partial charge in [0.2, 0.25) is 5.96 Å². The van der Waals surface area contributed by atoms with Crippen LogP contribution in [0.5, 0.6) is 0 Å². The van der Waals surface area contributed by atoms with Gasteiger partial charge in [-0.2, -0.15) is 0 Å². The van der Waals surface area contributed by atoms with Crippen molar-refractivity contribution in [2.24, 2.45) is 4.99 Å². The number of carbonyl (C=O) groups excluding carboxylic acids is 2. The number of nitrogens with one attached hydrogen (secondary N) is 2. The quantitative estimate of drug-likeness (QED) is 0.461. The van der Waals surface area contributed by atoms with E-state index in [1.165, 1.54) is 7.11 Å². The van der Waals surface area contributed by atoms with Crippen LogP contribution in [-0.4, -0.2) is 44.2 Å². The second kappa shape index (κ2) is 9.84. The number of rotatable bonds is 5. The fourth-order valence-electron chi connectivity index (χ4n) is 3.04. The van der Waals surface area contributed by atoms with E-state index in [9.17, 15) is 9.59 Å². The van der Waals surface area contributed by atoms with Gasteiger partial charge in [0.25, 0.3) is 5.91 Å². The zero-order chi connectivity index (χ0) is 20.6. The average Bonchev–Trinajstić information content (AvgIpc) is 3.25. The second-order valence-corrected chi connectivity index (χ2v) is 6.85. The van der Waals surface area contributed by atoms with Gasteiger partial charge in [0, 0.05) is 17.9 Å². The summed E-state index contributed by atoms with van der Waals surface area (Å²) in [7, 11) is 1.33. The molecule has 1 aliphatic rings. The first-order valence-electron chi connectivity index (χ1n) is 9.54. The van der Waals surface area contributed by atoms with Gasteiger partial charge in [-0.25, -0.2) is 9.79 Å². The Morgan fingerprint density at radius 3 is 2.69 bits per heavy atom. The SMILES string of the molecule is COC(=O)c1cccc(NC(=NC[C@@H]2CCCO2)NC(=O)c2cccc(C)c2)c1. The normalized spacial score (nSPS) is 16.3. The van der Waals surface area contributed by atoms with Crippen LogP contribution in [0.25, 0.3) is 0 Å². The van der Waals surface area contributed by atoms with Crippen LogP contribution in [-0.2, 0) is 9.47 Å². The zero-order valence-corrected chi connectivity index (χ0v) is 16.6. The number of carbonyl (C=O) groups is 2. The van der Waals surface area contributed by atoms with Crippen molar-refractivity contribution in [1.82, 2.24) is 5.32 Å². The first kappa shape index (κ1) is 20.5. The first-order chi connectivity index (χ1) is 14.0. The predicted octanol–water partition coefficient (Wildman–Crippen LogP) is 3.16. The molecule has 1 saturated heterocycles. The molecule has 1 aliphatic heterocycles. The van der Waals surface area contributed by atoms with Crippen LogP contribution in [0.2, 0.25) is 0 Å². The lowest BCUT2D eigenvalue weighted by atomic mass is 10.1. The van der Waals surface area contributed by atoms with Gasteiger partial charge in [-0.1, -0.05) is 23.8 Å². The van der Waals surface area contributed by atoms with Gasteiger partial charge in [-0.3, -0.25) is 10.1 Å². The largest absolute Gasteiger partial charge is 0.465 e. The van der Waals surface area contributed by atoms with E-state index in [1.807, 2.05) is 25.1 Å². The lowest BCUT2D eigenvalue weighted by Gasteiger charge is -2.14. The van der Waals surface area contributed by atoms with Crippen LogP contribution in [0.3, 0.4) is 0 Å². The molecule has 0 aliphatic carbocycles. The van der Waals surface area contributed by atoms with Crippen LogP contribution < -0.4 is 10.6 Å². The van der Waals surface area contributed by atoms with E-state index >= 15 is 0 Å². The Morgan fingerprint density at radius 1 is 1.17 bits per heavy atom. The summed E-state index contributed by atoms with van der Waals surface area (Å²) in [5.74, 6) is -0.402. The highest BCUT2D eigenvalue weighted by Gasteiger charge is 2.16. The fourth-order valence-corrected chi connectivity index (χ4v) is 3.04. The molecular weight excluding hydrogens is 370 g/mol. The van der Waals surface area contributed by atoms with Crippen LogP contribution in [0.15, 0.2) is 53.5 Å². The Hall–Kier alpha value is -3.19. The van der Waals surface area contributed by atoms with Crippen molar-refractivity contribution in [2.45, 2.75) is 25.9 Å². The molecule has 0 radical (unpaired) electrons. The maximum atomic E-state index is 12.7. The molecule has 0 unspecified atom stereocenters. The summed E-state index contributed by atoms with van der Waals surface area (Å²) < 4.78 is 10.4. The standard InChI is InChI=1S/C22H25N3O4/c1-15-6-3-7-16(12-15)20(26)25-22(23-14-19-10-5-11-29-19)24-18-9-4-8-17(13-18)21(27)28-2/h3-4,6-9,12-13,19H,5,10-11,14H2,1-2H3,(H2,23,24,25,26)/t19-/m0/s1. The Bertz CT molecular complexity index is 904. The molecule has 0 saturated carbocycles. The van der Waals surface area contributed by atoms with E-state index in [4.69, 9.17) is 9.47 Å². The van der Waals surface area contributed by atoms with Crippen LogP contribution >= 0.6 is 0 Å². The summed E-state index contributed by atoms with van der Waals surface area (Å²) in [5, 5.41) is 5.92. The van der Waals surface area contributed by atoms with Crippen molar-refractivity contribution in [3.05, 3.63) is 65.2 Å². The summed E-state index contributed by atoms with van der Waals surface area (Å²) >= 11 is 0. The van der Waals surface area contributed by atoms with Crippen molar-refractivity contribution in [2.75, 3.05) is 25.6 Å². The maximum absolute atomic E-state index is 12.7. The highest BCUT2D eigenvalue weighted by molar-refractivity contribution is 6.10. The van der Waals surface area contributed by atoms with Gasteiger partial charge in [-0.15, -0.1) is 0 Å². The van der Waals surface area contributed by atoms with Crippen LogP contribution in [0.1, 0.15) is 39.1 Å². The summed E-state index contributed by atoms with van der Waals surface area (Å²) in [4.78, 5) is 29.0. The van der Waals surface area contributed by atoms with Crippen LogP contribution in [0.4, 0.5) is 5.69 Å². The number of amides is 1. The third-order valence-corrected chi connectivity index (χ3v) is 4.54. The molecular formula is C22H25N3O4.